The average Bonchev–Trinajstić information content (AvgIpc) is 3.34. The highest BCUT2D eigenvalue weighted by Crippen LogP contribution is 2.28. The summed E-state index contributed by atoms with van der Waals surface area (Å²) in [6, 6.07) is 4.31. The molecule has 170 valence electrons. The van der Waals surface area contributed by atoms with Crippen LogP contribution in [0.2, 0.25) is 0 Å². The second kappa shape index (κ2) is 9.45. The first-order chi connectivity index (χ1) is 15.6. The van der Waals surface area contributed by atoms with E-state index in [4.69, 9.17) is 4.98 Å². The predicted molar refractivity (Wildman–Crippen MR) is 131 cm³/mol. The Kier molecular flexibility index (Phi) is 6.44. The van der Waals surface area contributed by atoms with Crippen LogP contribution in [-0.4, -0.2) is 40.0 Å². The van der Waals surface area contributed by atoms with E-state index in [9.17, 15) is 9.59 Å². The molecule has 0 bridgehead atoms. The summed E-state index contributed by atoms with van der Waals surface area (Å²) in [4.78, 5) is 36.2. The number of piperidine rings is 1. The third-order valence-electron chi connectivity index (χ3n) is 6.84. The summed E-state index contributed by atoms with van der Waals surface area (Å²) in [6.45, 7) is 6.51. The van der Waals surface area contributed by atoms with Gasteiger partial charge in [0, 0.05) is 30.9 Å². The molecule has 1 fully saturated rings. The van der Waals surface area contributed by atoms with Crippen molar-refractivity contribution < 1.29 is 4.79 Å². The lowest BCUT2D eigenvalue weighted by atomic mass is 9.96. The Balaban J connectivity index is 1.23. The molecule has 2 aliphatic rings. The van der Waals surface area contributed by atoms with Crippen molar-refractivity contribution in [1.82, 2.24) is 19.8 Å². The average molecular weight is 471 g/mol. The zero-order valence-electron chi connectivity index (χ0n) is 18.6. The molecular weight excluding hydrogens is 440 g/mol. The number of nitrogens with zero attached hydrogens (tertiary/aromatic N) is 3. The third kappa shape index (κ3) is 4.40. The summed E-state index contributed by atoms with van der Waals surface area (Å²) in [7, 11) is 0. The molecule has 6 nitrogen and oxygen atoms in total. The van der Waals surface area contributed by atoms with Crippen LogP contribution in [0, 0.1) is 12.8 Å². The lowest BCUT2D eigenvalue weighted by Crippen LogP contribution is -2.38. The number of likely N-dealkylation sites (tertiary alicyclic amines) is 1. The van der Waals surface area contributed by atoms with Crippen LogP contribution in [0.25, 0.3) is 10.2 Å². The fourth-order valence-corrected chi connectivity index (χ4v) is 6.77. The Morgan fingerprint density at radius 1 is 1.22 bits per heavy atom. The van der Waals surface area contributed by atoms with Gasteiger partial charge in [-0.1, -0.05) is 12.5 Å². The first-order valence-corrected chi connectivity index (χ1v) is 13.4. The quantitative estimate of drug-likeness (QED) is 0.607. The van der Waals surface area contributed by atoms with E-state index in [1.807, 2.05) is 22.8 Å². The summed E-state index contributed by atoms with van der Waals surface area (Å²) in [6.07, 6.45) is 6.27. The van der Waals surface area contributed by atoms with Crippen molar-refractivity contribution in [1.29, 1.82) is 0 Å². The number of aromatic nitrogens is 2. The van der Waals surface area contributed by atoms with Crippen LogP contribution in [0.15, 0.2) is 22.3 Å². The van der Waals surface area contributed by atoms with E-state index in [-0.39, 0.29) is 11.5 Å². The second-order valence-electron chi connectivity index (χ2n) is 9.04. The van der Waals surface area contributed by atoms with Crippen molar-refractivity contribution in [2.24, 2.45) is 5.92 Å². The molecular formula is C24H30N4O2S2. The van der Waals surface area contributed by atoms with E-state index < -0.39 is 0 Å². The van der Waals surface area contributed by atoms with Crippen LogP contribution in [0.3, 0.4) is 0 Å². The maximum Gasteiger partial charge on any atom is 0.262 e. The van der Waals surface area contributed by atoms with Gasteiger partial charge >= 0.3 is 0 Å². The van der Waals surface area contributed by atoms with Crippen molar-refractivity contribution in [3.05, 3.63) is 49.0 Å². The van der Waals surface area contributed by atoms with Crippen LogP contribution < -0.4 is 10.9 Å². The van der Waals surface area contributed by atoms with E-state index >= 15 is 0 Å². The van der Waals surface area contributed by atoms with Crippen LogP contribution in [0.4, 0.5) is 0 Å². The summed E-state index contributed by atoms with van der Waals surface area (Å²) in [5.74, 6) is 1.32. The largest absolute Gasteiger partial charge is 0.351 e. The van der Waals surface area contributed by atoms with Crippen molar-refractivity contribution >= 4 is 38.8 Å². The van der Waals surface area contributed by atoms with Crippen molar-refractivity contribution in [2.45, 2.75) is 58.5 Å². The summed E-state index contributed by atoms with van der Waals surface area (Å²) < 4.78 is 1.83. The van der Waals surface area contributed by atoms with Crippen molar-refractivity contribution in [3.8, 4) is 0 Å². The Bertz CT molecular complexity index is 1160. The molecule has 0 aromatic carbocycles. The number of fused-ring (bicyclic) bond motifs is 2. The van der Waals surface area contributed by atoms with Crippen LogP contribution >= 0.6 is 22.7 Å². The zero-order valence-corrected chi connectivity index (χ0v) is 20.2. The van der Waals surface area contributed by atoms with Gasteiger partial charge in [0.25, 0.3) is 11.5 Å². The molecule has 8 heteroatoms. The monoisotopic (exact) mass is 470 g/mol. The fraction of sp³-hybridized carbons (Fsp3) is 0.542. The minimum atomic E-state index is -0.0638. The van der Waals surface area contributed by atoms with Crippen LogP contribution in [-0.2, 0) is 19.5 Å². The van der Waals surface area contributed by atoms with Gasteiger partial charge in [-0.05, 0) is 68.6 Å². The van der Waals surface area contributed by atoms with E-state index in [1.165, 1.54) is 16.2 Å². The SMILES string of the molecule is Cc1c(C(=O)NCC2CCN(Cc3cccs3)CC2)sc2nc3n(c(=O)c12)CCCCC3. The maximum atomic E-state index is 13.1. The molecule has 0 atom stereocenters. The van der Waals surface area contributed by atoms with Gasteiger partial charge in [0.2, 0.25) is 0 Å². The summed E-state index contributed by atoms with van der Waals surface area (Å²) in [5.41, 5.74) is 0.808. The van der Waals surface area contributed by atoms with E-state index in [0.29, 0.717) is 27.6 Å². The van der Waals surface area contributed by atoms with Gasteiger partial charge in [0.1, 0.15) is 10.7 Å². The molecule has 1 saturated heterocycles. The van der Waals surface area contributed by atoms with Crippen LogP contribution in [0.1, 0.15) is 58.0 Å². The van der Waals surface area contributed by atoms with Gasteiger partial charge in [0.15, 0.2) is 0 Å². The number of hydrogen-bond acceptors (Lipinski definition) is 6. The molecule has 0 radical (unpaired) electrons. The number of nitrogens with one attached hydrogen (secondary N) is 1. The van der Waals surface area contributed by atoms with Gasteiger partial charge in [-0.25, -0.2) is 4.98 Å². The Morgan fingerprint density at radius 2 is 2.06 bits per heavy atom. The highest BCUT2D eigenvalue weighted by molar-refractivity contribution is 7.20. The third-order valence-corrected chi connectivity index (χ3v) is 8.88. The molecule has 3 aromatic rings. The smallest absolute Gasteiger partial charge is 0.262 e. The minimum absolute atomic E-state index is 0.0258. The second-order valence-corrected chi connectivity index (χ2v) is 11.1. The van der Waals surface area contributed by atoms with E-state index in [1.54, 1.807) is 0 Å². The number of hydrogen-bond donors (Lipinski definition) is 1. The number of aryl methyl sites for hydroxylation is 2. The number of amides is 1. The molecule has 2 aliphatic heterocycles. The van der Waals surface area contributed by atoms with Crippen LogP contribution in [0.5, 0.6) is 0 Å². The molecule has 3 aromatic heterocycles. The molecule has 0 aliphatic carbocycles. The van der Waals surface area contributed by atoms with Gasteiger partial charge in [-0.3, -0.25) is 19.1 Å². The Morgan fingerprint density at radius 3 is 2.84 bits per heavy atom. The molecule has 0 saturated carbocycles. The number of carbonyl (C=O) groups excluding carboxylic acids is 1. The maximum absolute atomic E-state index is 13.1. The normalized spacial score (nSPS) is 17.9. The standard InChI is InChI=1S/C24H30N4O2S2/c1-16-20-23(26-19-7-3-2-4-10-28(19)24(20)30)32-21(16)22(29)25-14-17-8-11-27(12-9-17)15-18-6-5-13-31-18/h5-6,13,17H,2-4,7-12,14-15H2,1H3,(H,25,29). The zero-order chi connectivity index (χ0) is 22.1. The minimum Gasteiger partial charge on any atom is -0.351 e. The van der Waals surface area contributed by atoms with E-state index in [2.05, 4.69) is 27.7 Å². The Labute approximate surface area is 196 Å². The molecule has 1 amide bonds. The van der Waals surface area contributed by atoms with Gasteiger partial charge in [-0.2, -0.15) is 0 Å². The van der Waals surface area contributed by atoms with Crippen molar-refractivity contribution in [2.75, 3.05) is 19.6 Å². The highest BCUT2D eigenvalue weighted by atomic mass is 32.1. The first-order valence-electron chi connectivity index (χ1n) is 11.7. The number of thiophene rings is 2. The number of rotatable bonds is 5. The molecule has 5 rings (SSSR count). The van der Waals surface area contributed by atoms with Gasteiger partial charge in [0.05, 0.1) is 10.3 Å². The highest BCUT2D eigenvalue weighted by Gasteiger charge is 2.24. The Hall–Kier alpha value is -2.03. The van der Waals surface area contributed by atoms with Crippen molar-refractivity contribution in [3.63, 3.8) is 0 Å². The first kappa shape index (κ1) is 21.8. The lowest BCUT2D eigenvalue weighted by molar-refractivity contribution is 0.0939. The fourth-order valence-electron chi connectivity index (χ4n) is 4.92. The molecule has 0 unspecified atom stereocenters. The van der Waals surface area contributed by atoms with Gasteiger partial charge in [-0.15, -0.1) is 22.7 Å². The predicted octanol–water partition coefficient (Wildman–Crippen LogP) is 4.20. The molecule has 1 N–H and O–H groups in total. The number of carbonyl (C=O) groups is 1. The van der Waals surface area contributed by atoms with Gasteiger partial charge < -0.3 is 5.32 Å². The topological polar surface area (TPSA) is 67.2 Å². The van der Waals surface area contributed by atoms with E-state index in [0.717, 1.165) is 76.1 Å². The molecule has 32 heavy (non-hydrogen) atoms. The summed E-state index contributed by atoms with van der Waals surface area (Å²) in [5, 5.41) is 5.91. The summed E-state index contributed by atoms with van der Waals surface area (Å²) >= 11 is 3.19. The molecule has 5 heterocycles. The lowest BCUT2D eigenvalue weighted by Gasteiger charge is -2.31. The molecule has 0 spiro atoms.